The highest BCUT2D eigenvalue weighted by Gasteiger charge is 2.30. The van der Waals surface area contributed by atoms with Gasteiger partial charge in [-0.15, -0.1) is 0 Å². The molecule has 0 aliphatic carbocycles. The van der Waals surface area contributed by atoms with Crippen molar-refractivity contribution in [1.82, 2.24) is 0 Å². The predicted molar refractivity (Wildman–Crippen MR) is 174 cm³/mol. The zero-order chi connectivity index (χ0) is 37.1. The van der Waals surface area contributed by atoms with Gasteiger partial charge in [0, 0.05) is 25.7 Å². The van der Waals surface area contributed by atoms with Gasteiger partial charge in [0.25, 0.3) is 0 Å². The fraction of sp³-hybridized carbons (Fsp3) is 0.867. The van der Waals surface area contributed by atoms with Crippen LogP contribution in [0.1, 0.15) is 111 Å². The van der Waals surface area contributed by atoms with Crippen LogP contribution in [0.2, 0.25) is 0 Å². The van der Waals surface area contributed by atoms with Crippen LogP contribution >= 0.6 is 15.6 Å². The van der Waals surface area contributed by atoms with Crippen LogP contribution in [0.25, 0.3) is 0 Å². The molecule has 2 unspecified atom stereocenters. The van der Waals surface area contributed by atoms with Crippen molar-refractivity contribution in [2.45, 2.75) is 129 Å². The van der Waals surface area contributed by atoms with E-state index in [1.807, 2.05) is 6.92 Å². The number of aliphatic hydroxyl groups is 1. The monoisotopic (exact) mass is 750 g/mol. The number of hydrogen-bond acceptors (Lipinski definition) is 15. The van der Waals surface area contributed by atoms with E-state index >= 15 is 0 Å². The number of unbranched alkanes of at least 4 members (excludes halogenated alkanes) is 6. The molecule has 17 nitrogen and oxygen atoms in total. The molecule has 0 aliphatic heterocycles. The minimum atomic E-state index is -4.87. The minimum Gasteiger partial charge on any atom is -0.462 e. The molecule has 0 saturated heterocycles. The first-order valence-electron chi connectivity index (χ1n) is 16.8. The highest BCUT2D eigenvalue weighted by molar-refractivity contribution is 7.47. The molecule has 0 radical (unpaired) electrons. The summed E-state index contributed by atoms with van der Waals surface area (Å²) in [6, 6.07) is 0. The Morgan fingerprint density at radius 2 is 0.918 bits per heavy atom. The highest BCUT2D eigenvalue weighted by Crippen LogP contribution is 2.45. The van der Waals surface area contributed by atoms with Crippen LogP contribution in [0.4, 0.5) is 0 Å². The van der Waals surface area contributed by atoms with Crippen molar-refractivity contribution in [2.75, 3.05) is 39.6 Å². The summed E-state index contributed by atoms with van der Waals surface area (Å²) in [5, 5.41) is 10.1. The van der Waals surface area contributed by atoms with Crippen LogP contribution in [0.5, 0.6) is 0 Å². The molecule has 0 fully saturated rings. The zero-order valence-corrected chi connectivity index (χ0v) is 30.9. The predicted octanol–water partition coefficient (Wildman–Crippen LogP) is 4.68. The van der Waals surface area contributed by atoms with Crippen molar-refractivity contribution in [2.24, 2.45) is 0 Å². The number of phosphoric acid groups is 2. The van der Waals surface area contributed by atoms with E-state index in [0.29, 0.717) is 19.3 Å². The number of carbonyl (C=O) groups is 4. The molecule has 5 atom stereocenters. The lowest BCUT2D eigenvalue weighted by molar-refractivity contribution is -0.161. The van der Waals surface area contributed by atoms with E-state index in [2.05, 4.69) is 11.4 Å². The Balaban J connectivity index is 4.83. The molecule has 3 N–H and O–H groups in total. The second-order valence-corrected chi connectivity index (χ2v) is 14.0. The van der Waals surface area contributed by atoms with Gasteiger partial charge in [-0.2, -0.15) is 0 Å². The maximum Gasteiger partial charge on any atom is 0.472 e. The molecule has 0 heterocycles. The first-order chi connectivity index (χ1) is 23.2. The lowest BCUT2D eigenvalue weighted by Crippen LogP contribution is -2.30. The molecule has 19 heteroatoms. The zero-order valence-electron chi connectivity index (χ0n) is 29.1. The second-order valence-electron chi connectivity index (χ2n) is 11.1. The van der Waals surface area contributed by atoms with Gasteiger partial charge in [-0.25, -0.2) is 9.13 Å². The second kappa shape index (κ2) is 27.7. The summed E-state index contributed by atoms with van der Waals surface area (Å²) in [4.78, 5) is 67.7. The molecule has 0 spiro atoms. The van der Waals surface area contributed by atoms with E-state index in [1.165, 1.54) is 6.92 Å². The average molecular weight is 751 g/mol. The van der Waals surface area contributed by atoms with Crippen LogP contribution < -0.4 is 0 Å². The molecule has 288 valence electrons. The fourth-order valence-electron chi connectivity index (χ4n) is 3.70. The summed E-state index contributed by atoms with van der Waals surface area (Å²) in [6.45, 7) is 3.28. The Morgan fingerprint density at radius 3 is 1.37 bits per heavy atom. The van der Waals surface area contributed by atoms with Gasteiger partial charge in [-0.1, -0.05) is 66.2 Å². The van der Waals surface area contributed by atoms with Gasteiger partial charge in [-0.05, 0) is 19.3 Å². The number of ether oxygens (including phenoxy) is 4. The van der Waals surface area contributed by atoms with Gasteiger partial charge in [0.2, 0.25) is 0 Å². The van der Waals surface area contributed by atoms with Crippen molar-refractivity contribution in [1.29, 1.82) is 0 Å². The third-order valence-electron chi connectivity index (χ3n) is 6.38. The van der Waals surface area contributed by atoms with Crippen LogP contribution in [0.15, 0.2) is 0 Å². The molecular formula is C30H56O17P2. The van der Waals surface area contributed by atoms with Gasteiger partial charge >= 0.3 is 39.5 Å². The van der Waals surface area contributed by atoms with Crippen LogP contribution in [0, 0.1) is 0 Å². The number of aliphatic hydroxyl groups excluding tert-OH is 1. The van der Waals surface area contributed by atoms with E-state index in [1.54, 1.807) is 6.92 Å². The molecule has 0 amide bonds. The maximum absolute atomic E-state index is 12.4. The quantitative estimate of drug-likeness (QED) is 0.0377. The van der Waals surface area contributed by atoms with Gasteiger partial charge in [0.1, 0.15) is 19.3 Å². The molecular weight excluding hydrogens is 694 g/mol. The van der Waals surface area contributed by atoms with Crippen molar-refractivity contribution in [3.63, 3.8) is 0 Å². The van der Waals surface area contributed by atoms with Gasteiger partial charge in [-0.3, -0.25) is 37.3 Å². The lowest BCUT2D eigenvalue weighted by atomic mass is 10.1. The Bertz CT molecular complexity index is 1040. The Morgan fingerprint density at radius 1 is 0.510 bits per heavy atom. The summed E-state index contributed by atoms with van der Waals surface area (Å²) in [7, 11) is -9.73. The number of phosphoric ester groups is 2. The Hall–Kier alpha value is -1.94. The SMILES string of the molecule is CCCCCCCC(=O)OC[C@H](COP(=O)(O)OC[C@H](O)COP(=O)(O)OC[C@@H](COC(=O)CCCCC)OC(=O)CC)OC(=O)CCC. The van der Waals surface area contributed by atoms with Crippen molar-refractivity contribution < 1.29 is 80.2 Å². The standard InChI is InChI=1S/C30H56O17P2/c1-5-9-11-12-14-17-29(34)41-21-26(47-30(35)15-7-3)23-45-49(38,39)43-19-24(31)18-42-48(36,37)44-22-25(46-27(32)8-4)20-40-28(33)16-13-10-6-2/h24-26,31H,5-23H2,1-4H3,(H,36,37)(H,38,39)/t24-,25-,26-/m1/s1. The first-order valence-corrected chi connectivity index (χ1v) is 19.8. The summed E-state index contributed by atoms with van der Waals surface area (Å²) in [5.74, 6) is -2.37. The molecule has 49 heavy (non-hydrogen) atoms. The van der Waals surface area contributed by atoms with E-state index in [-0.39, 0.29) is 25.7 Å². The molecule has 0 aromatic carbocycles. The van der Waals surface area contributed by atoms with Crippen LogP contribution in [-0.2, 0) is 65.4 Å². The normalized spacial score (nSPS) is 15.7. The summed E-state index contributed by atoms with van der Waals surface area (Å²) in [5.41, 5.74) is 0. The minimum absolute atomic E-state index is 0.0176. The van der Waals surface area contributed by atoms with Crippen molar-refractivity contribution in [3.05, 3.63) is 0 Å². The molecule has 0 aliphatic rings. The number of rotatable bonds is 31. The number of carbonyl (C=O) groups excluding carboxylic acids is 4. The molecule has 0 aromatic rings. The summed E-state index contributed by atoms with van der Waals surface area (Å²) < 4.78 is 64.2. The van der Waals surface area contributed by atoms with E-state index in [0.717, 1.165) is 38.5 Å². The number of hydrogen-bond donors (Lipinski definition) is 3. The van der Waals surface area contributed by atoms with E-state index in [4.69, 9.17) is 32.5 Å². The van der Waals surface area contributed by atoms with Crippen LogP contribution in [-0.4, -0.2) is 96.7 Å². The Labute approximate surface area is 288 Å². The van der Waals surface area contributed by atoms with Gasteiger partial charge in [0.05, 0.1) is 26.4 Å². The van der Waals surface area contributed by atoms with Crippen LogP contribution in [0.3, 0.4) is 0 Å². The average Bonchev–Trinajstić information content (AvgIpc) is 3.05. The van der Waals surface area contributed by atoms with E-state index < -0.39 is 97.5 Å². The van der Waals surface area contributed by atoms with Gasteiger partial charge in [0.15, 0.2) is 12.2 Å². The third kappa shape index (κ3) is 27.5. The molecule has 0 rings (SSSR count). The van der Waals surface area contributed by atoms with Gasteiger partial charge < -0.3 is 33.8 Å². The third-order valence-corrected chi connectivity index (χ3v) is 8.28. The maximum atomic E-state index is 12.4. The van der Waals surface area contributed by atoms with Crippen molar-refractivity contribution >= 4 is 39.5 Å². The molecule has 0 bridgehead atoms. The summed E-state index contributed by atoms with van der Waals surface area (Å²) in [6.07, 6.45) is 3.59. The number of esters is 4. The Kier molecular flexibility index (Phi) is 26.6. The highest BCUT2D eigenvalue weighted by atomic mass is 31.2. The smallest absolute Gasteiger partial charge is 0.462 e. The largest absolute Gasteiger partial charge is 0.472 e. The van der Waals surface area contributed by atoms with Crippen molar-refractivity contribution in [3.8, 4) is 0 Å². The van der Waals surface area contributed by atoms with E-state index in [9.17, 15) is 43.2 Å². The fourth-order valence-corrected chi connectivity index (χ4v) is 5.28. The topological polar surface area (TPSA) is 237 Å². The molecule has 0 saturated carbocycles. The lowest BCUT2D eigenvalue weighted by Gasteiger charge is -2.21. The molecule has 0 aromatic heterocycles. The first kappa shape index (κ1) is 47.1. The summed E-state index contributed by atoms with van der Waals surface area (Å²) >= 11 is 0.